The molecule has 1 aliphatic rings. The molecule has 378 valence electrons. The topological polar surface area (TPSA) is 217 Å². The molecular formula is C57H55N7O10. The molecule has 0 spiro atoms. The number of aliphatic hydroxyl groups excluding tert-OH is 1. The van der Waals surface area contributed by atoms with Crippen LogP contribution >= 0.6 is 0 Å². The molecule has 74 heavy (non-hydrogen) atoms. The molecule has 1 aliphatic carbocycles. The minimum Gasteiger partial charge on any atom is -0.497 e. The quantitative estimate of drug-likeness (QED) is 0.0439. The lowest BCUT2D eigenvalue weighted by atomic mass is 9.80. The number of nitrogens with one attached hydrogen (secondary N) is 4. The van der Waals surface area contributed by atoms with Gasteiger partial charge in [0, 0.05) is 31.0 Å². The van der Waals surface area contributed by atoms with Crippen molar-refractivity contribution in [3.63, 3.8) is 0 Å². The van der Waals surface area contributed by atoms with E-state index < -0.39 is 41.3 Å². The van der Waals surface area contributed by atoms with Gasteiger partial charge in [-0.15, -0.1) is 0 Å². The summed E-state index contributed by atoms with van der Waals surface area (Å²) in [6.45, 7) is 1.70. The molecule has 17 heteroatoms. The molecule has 0 bridgehead atoms. The first-order valence-corrected chi connectivity index (χ1v) is 24.0. The summed E-state index contributed by atoms with van der Waals surface area (Å²) in [6.07, 6.45) is -1.20. The highest BCUT2D eigenvalue weighted by Gasteiger charge is 2.39. The zero-order valence-corrected chi connectivity index (χ0v) is 40.9. The summed E-state index contributed by atoms with van der Waals surface area (Å²) >= 11 is 0. The first-order valence-electron chi connectivity index (χ1n) is 24.0. The molecule has 0 fully saturated rings. The Morgan fingerprint density at radius 2 is 1.35 bits per heavy atom. The SMILES string of the molecule is COc1ccc(C(OC[C@@H](OCn2cnc3c(=O)[nH]c(NC(=O)CCNC(=O)c4ccc(CNC(=O)OCC5c6ccccc6-c6ccccc65)cc4)nc32)C(C)O)(c2ccccc2)c2ccc(OC)cc2)cc1. The van der Waals surface area contributed by atoms with Gasteiger partial charge in [0.2, 0.25) is 11.9 Å². The second kappa shape index (κ2) is 22.8. The number of methoxy groups -OCH3 is 2. The molecule has 1 unspecified atom stereocenters. The molecular weight excluding hydrogens is 943 g/mol. The fraction of sp³-hybridized carbons (Fsp3) is 0.228. The van der Waals surface area contributed by atoms with Crippen molar-refractivity contribution in [2.45, 2.75) is 50.3 Å². The fourth-order valence-corrected chi connectivity index (χ4v) is 9.08. The predicted molar refractivity (Wildman–Crippen MR) is 277 cm³/mol. The first kappa shape index (κ1) is 50.3. The monoisotopic (exact) mass is 997 g/mol. The number of nitrogens with zero attached hydrogens (tertiary/aromatic N) is 3. The van der Waals surface area contributed by atoms with Crippen LogP contribution in [-0.4, -0.2) is 88.7 Å². The lowest BCUT2D eigenvalue weighted by Gasteiger charge is -2.37. The Hall–Kier alpha value is -8.64. The fourth-order valence-electron chi connectivity index (χ4n) is 9.08. The molecule has 17 nitrogen and oxygen atoms in total. The van der Waals surface area contributed by atoms with Gasteiger partial charge >= 0.3 is 6.09 Å². The third kappa shape index (κ3) is 11.0. The molecule has 6 aromatic carbocycles. The highest BCUT2D eigenvalue weighted by molar-refractivity contribution is 5.95. The second-order valence-electron chi connectivity index (χ2n) is 17.6. The minimum atomic E-state index is -1.18. The van der Waals surface area contributed by atoms with Gasteiger partial charge in [-0.25, -0.2) is 9.78 Å². The first-order chi connectivity index (χ1) is 36.0. The molecule has 8 aromatic rings. The molecule has 2 aromatic heterocycles. The number of carbonyl (C=O) groups is 3. The molecule has 2 heterocycles. The summed E-state index contributed by atoms with van der Waals surface area (Å²) < 4.78 is 31.3. The van der Waals surface area contributed by atoms with Gasteiger partial charge in [-0.3, -0.25) is 29.3 Å². The van der Waals surface area contributed by atoms with Crippen LogP contribution in [0.3, 0.4) is 0 Å². The summed E-state index contributed by atoms with van der Waals surface area (Å²) in [5.41, 5.74) is 6.43. The van der Waals surface area contributed by atoms with Gasteiger partial charge in [0.1, 0.15) is 36.5 Å². The third-order valence-electron chi connectivity index (χ3n) is 13.0. The number of aromatic amines is 1. The zero-order chi connectivity index (χ0) is 51.6. The van der Waals surface area contributed by atoms with E-state index in [0.29, 0.717) is 17.1 Å². The number of imidazole rings is 1. The highest BCUT2D eigenvalue weighted by Crippen LogP contribution is 2.45. The van der Waals surface area contributed by atoms with Crippen molar-refractivity contribution >= 4 is 35.0 Å². The van der Waals surface area contributed by atoms with Crippen LogP contribution in [0.1, 0.15) is 63.0 Å². The number of anilines is 1. The van der Waals surface area contributed by atoms with E-state index in [2.05, 4.69) is 55.2 Å². The van der Waals surface area contributed by atoms with E-state index in [-0.39, 0.29) is 62.5 Å². The molecule has 5 N–H and O–H groups in total. The lowest BCUT2D eigenvalue weighted by Crippen LogP contribution is -2.39. The van der Waals surface area contributed by atoms with Gasteiger partial charge in [-0.1, -0.05) is 115 Å². The van der Waals surface area contributed by atoms with Crippen LogP contribution in [0.15, 0.2) is 163 Å². The molecule has 0 saturated heterocycles. The number of fused-ring (bicyclic) bond motifs is 4. The van der Waals surface area contributed by atoms with E-state index in [1.165, 1.54) is 10.9 Å². The van der Waals surface area contributed by atoms with Crippen LogP contribution in [0, 0.1) is 0 Å². The van der Waals surface area contributed by atoms with E-state index in [1.807, 2.05) is 103 Å². The van der Waals surface area contributed by atoms with Crippen LogP contribution in [0.25, 0.3) is 22.3 Å². The van der Waals surface area contributed by atoms with Crippen molar-refractivity contribution in [3.05, 3.63) is 207 Å². The van der Waals surface area contributed by atoms with Crippen LogP contribution in [-0.2, 0) is 37.9 Å². The largest absolute Gasteiger partial charge is 0.497 e. The number of rotatable bonds is 21. The number of aromatic nitrogens is 4. The number of H-pyrrole nitrogens is 1. The van der Waals surface area contributed by atoms with Gasteiger partial charge in [-0.05, 0) is 87.8 Å². The smallest absolute Gasteiger partial charge is 0.407 e. The Labute approximate surface area is 426 Å². The number of carbonyl (C=O) groups excluding carboxylic acids is 3. The molecule has 9 rings (SSSR count). The maximum Gasteiger partial charge on any atom is 0.407 e. The number of ether oxygens (including phenoxy) is 5. The van der Waals surface area contributed by atoms with Crippen molar-refractivity contribution in [1.29, 1.82) is 0 Å². The zero-order valence-electron chi connectivity index (χ0n) is 40.9. The maximum absolute atomic E-state index is 13.1. The number of benzene rings is 6. The van der Waals surface area contributed by atoms with Crippen molar-refractivity contribution in [3.8, 4) is 22.6 Å². The predicted octanol–water partition coefficient (Wildman–Crippen LogP) is 7.67. The summed E-state index contributed by atoms with van der Waals surface area (Å²) in [5.74, 6) is 0.226. The molecule has 0 aliphatic heterocycles. The number of alkyl carbamates (subject to hydrolysis) is 1. The molecule has 2 atom stereocenters. The summed E-state index contributed by atoms with van der Waals surface area (Å²) in [6, 6.07) is 47.8. The van der Waals surface area contributed by atoms with Gasteiger partial charge in [0.15, 0.2) is 11.2 Å². The number of hydrogen-bond donors (Lipinski definition) is 5. The Morgan fingerprint density at radius 1 is 0.757 bits per heavy atom. The Morgan fingerprint density at radius 3 is 1.96 bits per heavy atom. The second-order valence-corrected chi connectivity index (χ2v) is 17.6. The van der Waals surface area contributed by atoms with E-state index in [1.54, 1.807) is 45.4 Å². The molecule has 0 saturated carbocycles. The average Bonchev–Trinajstić information content (AvgIpc) is 4.00. The third-order valence-corrected chi connectivity index (χ3v) is 13.0. The summed E-state index contributed by atoms with van der Waals surface area (Å²) in [5, 5.41) is 19.2. The van der Waals surface area contributed by atoms with E-state index in [9.17, 15) is 24.3 Å². The van der Waals surface area contributed by atoms with Gasteiger partial charge < -0.3 is 39.4 Å². The van der Waals surface area contributed by atoms with Crippen LogP contribution in [0.4, 0.5) is 10.7 Å². The van der Waals surface area contributed by atoms with Crippen LogP contribution in [0.5, 0.6) is 11.5 Å². The van der Waals surface area contributed by atoms with Crippen molar-refractivity contribution < 1.29 is 43.2 Å². The minimum absolute atomic E-state index is 0.00449. The molecule has 0 radical (unpaired) electrons. The number of aliphatic hydroxyl groups is 1. The Kier molecular flexibility index (Phi) is 15.5. The summed E-state index contributed by atoms with van der Waals surface area (Å²) in [7, 11) is 3.20. The Bertz CT molecular complexity index is 3200. The van der Waals surface area contributed by atoms with Gasteiger partial charge in [0.25, 0.3) is 11.5 Å². The normalized spacial score (nSPS) is 12.8. The van der Waals surface area contributed by atoms with Crippen LogP contribution < -0.4 is 31.0 Å². The molecule has 3 amide bonds. The van der Waals surface area contributed by atoms with E-state index in [4.69, 9.17) is 23.7 Å². The van der Waals surface area contributed by atoms with E-state index in [0.717, 1.165) is 44.5 Å². The number of hydrogen-bond acceptors (Lipinski definition) is 12. The van der Waals surface area contributed by atoms with Crippen LogP contribution in [0.2, 0.25) is 0 Å². The van der Waals surface area contributed by atoms with Gasteiger partial charge in [-0.2, -0.15) is 4.98 Å². The lowest BCUT2D eigenvalue weighted by molar-refractivity contribution is -0.119. The Balaban J connectivity index is 0.779. The number of amides is 3. The van der Waals surface area contributed by atoms with Crippen molar-refractivity contribution in [2.75, 3.05) is 39.3 Å². The average molecular weight is 998 g/mol. The van der Waals surface area contributed by atoms with Crippen molar-refractivity contribution in [1.82, 2.24) is 30.2 Å². The standard InChI is InChI=1S/C57H55N7O10/c1-36(65)49(33-74-57(39-11-5-4-6-12-39,40-21-25-42(70-2)26-22-40)41-23-27-43(71-3)28-24-41)73-35-64-34-60-51-52(64)62-55(63-54(51)68)61-50(66)29-30-58-53(67)38-19-17-37(18-20-38)31-59-56(69)72-32-48-46-15-9-7-13-44(46)45-14-8-10-16-47(45)48/h4-28,34,36,48-49,65H,29-33,35H2,1-3H3,(H,58,67)(H,59,69)(H2,61,62,63,66,68)/t36?,49-/m1/s1. The van der Waals surface area contributed by atoms with Crippen molar-refractivity contribution in [2.24, 2.45) is 0 Å². The maximum atomic E-state index is 13.1. The van der Waals surface area contributed by atoms with Gasteiger partial charge in [0.05, 0.1) is 33.3 Å². The van der Waals surface area contributed by atoms with E-state index >= 15 is 0 Å². The highest BCUT2D eigenvalue weighted by atomic mass is 16.6. The summed E-state index contributed by atoms with van der Waals surface area (Å²) in [4.78, 5) is 63.1.